The van der Waals surface area contributed by atoms with Crippen LogP contribution in [0, 0.1) is 0 Å². The highest BCUT2D eigenvalue weighted by Crippen LogP contribution is 2.29. The van der Waals surface area contributed by atoms with E-state index in [0.717, 1.165) is 0 Å². The van der Waals surface area contributed by atoms with Gasteiger partial charge in [0.2, 0.25) is 5.88 Å². The first-order valence-corrected chi connectivity index (χ1v) is 3.75. The highest BCUT2D eigenvalue weighted by atomic mass is 79.9. The summed E-state index contributed by atoms with van der Waals surface area (Å²) in [5.41, 5.74) is -0.232. The zero-order valence-corrected chi connectivity index (χ0v) is 7.03. The van der Waals surface area contributed by atoms with E-state index in [1.54, 1.807) is 0 Å². The number of alkyl halides is 2. The van der Waals surface area contributed by atoms with Crippen LogP contribution in [0.4, 0.5) is 0 Å². The summed E-state index contributed by atoms with van der Waals surface area (Å²) in [6.45, 7) is 0. The second kappa shape index (κ2) is 2.67. The average Bonchev–Trinajstić information content (AvgIpc) is 2.10. The van der Waals surface area contributed by atoms with E-state index < -0.39 is 9.98 Å². The van der Waals surface area contributed by atoms with Crippen molar-refractivity contribution < 1.29 is 5.11 Å². The number of aromatic nitrogens is 2. The van der Waals surface area contributed by atoms with Gasteiger partial charge in [-0.15, -0.1) is 11.6 Å². The van der Waals surface area contributed by atoms with E-state index in [1.807, 2.05) is 0 Å². The molecule has 0 aliphatic heterocycles. The number of nitrogens with one attached hydrogen (secondary N) is 2. The van der Waals surface area contributed by atoms with Crippen LogP contribution in [0.2, 0.25) is 0 Å². The van der Waals surface area contributed by atoms with E-state index in [2.05, 4.69) is 25.9 Å². The molecule has 1 aromatic heterocycles. The molecule has 10 heavy (non-hydrogen) atoms. The topological polar surface area (TPSA) is 68.9 Å². The van der Waals surface area contributed by atoms with Crippen LogP contribution >= 0.6 is 27.5 Å². The lowest BCUT2D eigenvalue weighted by molar-refractivity contribution is 0.451. The zero-order valence-electron chi connectivity index (χ0n) is 4.69. The molecule has 0 aromatic carbocycles. The van der Waals surface area contributed by atoms with Crippen molar-refractivity contribution in [1.82, 2.24) is 9.97 Å². The van der Waals surface area contributed by atoms with Gasteiger partial charge in [0.25, 0.3) is 0 Å². The molecule has 1 unspecified atom stereocenters. The molecule has 0 aliphatic rings. The molecule has 0 amide bonds. The van der Waals surface area contributed by atoms with E-state index in [9.17, 15) is 4.79 Å². The van der Waals surface area contributed by atoms with Crippen molar-refractivity contribution in [2.75, 3.05) is 0 Å². The Labute approximate surface area is 69.4 Å². The molecule has 56 valence electrons. The maximum atomic E-state index is 10.5. The third kappa shape index (κ3) is 1.35. The van der Waals surface area contributed by atoms with Crippen LogP contribution in [-0.2, 0) is 0 Å². The van der Waals surface area contributed by atoms with Crippen molar-refractivity contribution >= 4 is 27.5 Å². The van der Waals surface area contributed by atoms with Crippen molar-refractivity contribution in [3.63, 3.8) is 0 Å². The highest BCUT2D eigenvalue weighted by Gasteiger charge is 2.11. The lowest BCUT2D eigenvalue weighted by atomic mass is 10.5. The second-order valence-electron chi connectivity index (χ2n) is 1.64. The van der Waals surface area contributed by atoms with E-state index in [1.165, 1.54) is 0 Å². The lowest BCUT2D eigenvalue weighted by Gasteiger charge is -1.94. The van der Waals surface area contributed by atoms with Gasteiger partial charge in [-0.3, -0.25) is 4.98 Å². The van der Waals surface area contributed by atoms with E-state index in [4.69, 9.17) is 16.7 Å². The maximum absolute atomic E-state index is 10.5. The summed E-state index contributed by atoms with van der Waals surface area (Å²) in [6, 6.07) is 0. The second-order valence-corrected chi connectivity index (χ2v) is 3.52. The first-order chi connectivity index (χ1) is 4.61. The number of hydrogen-bond acceptors (Lipinski definition) is 2. The average molecular weight is 227 g/mol. The van der Waals surface area contributed by atoms with E-state index in [0.29, 0.717) is 0 Å². The molecule has 1 heterocycles. The molecule has 6 heteroatoms. The quantitative estimate of drug-likeness (QED) is 0.628. The molecule has 0 aliphatic carbocycles. The molecule has 4 nitrogen and oxygen atoms in total. The van der Waals surface area contributed by atoms with Crippen molar-refractivity contribution in [2.45, 2.75) is 4.29 Å². The monoisotopic (exact) mass is 226 g/mol. The van der Waals surface area contributed by atoms with Gasteiger partial charge >= 0.3 is 5.69 Å². The fourth-order valence-corrected chi connectivity index (χ4v) is 1.03. The first kappa shape index (κ1) is 7.68. The summed E-state index contributed by atoms with van der Waals surface area (Å²) >= 11 is 8.45. The third-order valence-electron chi connectivity index (χ3n) is 0.953. The minimum absolute atomic E-state index is 0.234. The Morgan fingerprint density at radius 2 is 2.20 bits per heavy atom. The van der Waals surface area contributed by atoms with Gasteiger partial charge in [-0.25, -0.2) is 4.79 Å². The van der Waals surface area contributed by atoms with E-state index >= 15 is 0 Å². The lowest BCUT2D eigenvalue weighted by Crippen LogP contribution is -2.00. The van der Waals surface area contributed by atoms with Gasteiger partial charge in [0.1, 0.15) is 9.98 Å². The number of imidazole rings is 1. The minimum atomic E-state index is -0.577. The molecule has 1 rings (SSSR count). The smallest absolute Gasteiger partial charge is 0.326 e. The largest absolute Gasteiger partial charge is 0.493 e. The van der Waals surface area contributed by atoms with Crippen molar-refractivity contribution in [3.8, 4) is 5.88 Å². The van der Waals surface area contributed by atoms with Gasteiger partial charge in [0.15, 0.2) is 0 Å². The Balaban J connectivity index is 3.15. The fraction of sp³-hybridized carbons (Fsp3) is 0.250. The van der Waals surface area contributed by atoms with Gasteiger partial charge in [-0.1, -0.05) is 15.9 Å². The number of aromatic hydroxyl groups is 1. The number of aromatic amines is 2. The normalized spacial score (nSPS) is 13.4. The molecule has 3 N–H and O–H groups in total. The summed E-state index contributed by atoms with van der Waals surface area (Å²) in [4.78, 5) is 14.9. The van der Waals surface area contributed by atoms with Crippen molar-refractivity contribution in [2.24, 2.45) is 0 Å². The minimum Gasteiger partial charge on any atom is -0.493 e. The number of halogens is 2. The maximum Gasteiger partial charge on any atom is 0.326 e. The third-order valence-corrected chi connectivity index (χ3v) is 1.63. The Kier molecular flexibility index (Phi) is 2.05. The molecular weight excluding hydrogens is 223 g/mol. The molecular formula is C4H4BrClN2O2. The van der Waals surface area contributed by atoms with Crippen LogP contribution in [0.1, 0.15) is 9.98 Å². The zero-order chi connectivity index (χ0) is 7.72. The van der Waals surface area contributed by atoms with Crippen LogP contribution in [0.25, 0.3) is 0 Å². The van der Waals surface area contributed by atoms with Gasteiger partial charge < -0.3 is 10.1 Å². The molecule has 0 radical (unpaired) electrons. The van der Waals surface area contributed by atoms with Crippen molar-refractivity contribution in [1.29, 1.82) is 0 Å². The van der Waals surface area contributed by atoms with Crippen LogP contribution < -0.4 is 5.69 Å². The molecule has 0 saturated carbocycles. The Morgan fingerprint density at radius 3 is 2.40 bits per heavy atom. The number of rotatable bonds is 1. The molecule has 0 fully saturated rings. The fourth-order valence-electron chi connectivity index (χ4n) is 0.546. The SMILES string of the molecule is O=c1[nH]c(O)c(C(Cl)Br)[nH]1. The van der Waals surface area contributed by atoms with Crippen LogP contribution in [0.15, 0.2) is 4.79 Å². The Morgan fingerprint density at radius 1 is 1.60 bits per heavy atom. The molecule has 1 aromatic rings. The first-order valence-electron chi connectivity index (χ1n) is 2.40. The van der Waals surface area contributed by atoms with Gasteiger partial charge in [-0.05, 0) is 0 Å². The summed E-state index contributed by atoms with van der Waals surface area (Å²) < 4.78 is -0.577. The molecule has 0 saturated heterocycles. The predicted octanol–water partition coefficient (Wildman–Crippen LogP) is 1.04. The number of H-pyrrole nitrogens is 2. The van der Waals surface area contributed by atoms with Crippen LogP contribution in [0.3, 0.4) is 0 Å². The standard InChI is InChI=1S/C4H4BrClN2O2/c5-2(6)1-3(9)8-4(10)7-1/h2,9H,(H2,7,8,10). The summed E-state index contributed by atoms with van der Waals surface area (Å²) in [6.07, 6.45) is 0. The van der Waals surface area contributed by atoms with E-state index in [-0.39, 0.29) is 11.6 Å². The van der Waals surface area contributed by atoms with Crippen LogP contribution in [0.5, 0.6) is 5.88 Å². The predicted molar refractivity (Wildman–Crippen MR) is 40.6 cm³/mol. The van der Waals surface area contributed by atoms with Crippen LogP contribution in [-0.4, -0.2) is 15.1 Å². The Bertz CT molecular complexity index is 279. The van der Waals surface area contributed by atoms with Gasteiger partial charge in [-0.2, -0.15) is 0 Å². The molecule has 0 bridgehead atoms. The molecule has 0 spiro atoms. The van der Waals surface area contributed by atoms with Crippen molar-refractivity contribution in [3.05, 3.63) is 16.2 Å². The highest BCUT2D eigenvalue weighted by molar-refractivity contribution is 9.09. The number of hydrogen-bond donors (Lipinski definition) is 3. The van der Waals surface area contributed by atoms with Gasteiger partial charge in [0.05, 0.1) is 0 Å². The summed E-state index contributed by atoms with van der Waals surface area (Å²) in [7, 11) is 0. The van der Waals surface area contributed by atoms with Gasteiger partial charge in [0, 0.05) is 0 Å². The Hall–Kier alpha value is -0.420. The summed E-state index contributed by atoms with van der Waals surface area (Å²) in [5.74, 6) is -0.234. The molecule has 1 atom stereocenters. The summed E-state index contributed by atoms with van der Waals surface area (Å²) in [5, 5.41) is 8.90.